The Balaban J connectivity index is 4.70. The van der Waals surface area contributed by atoms with Crippen LogP contribution in [-0.4, -0.2) is 95.9 Å². The molecule has 0 aromatic heterocycles. The summed E-state index contributed by atoms with van der Waals surface area (Å²) in [5, 5.41) is 20.7. The van der Waals surface area contributed by atoms with Crippen LogP contribution >= 0.6 is 15.6 Å². The minimum absolute atomic E-state index is 0.0924. The first-order valence-corrected chi connectivity index (χ1v) is 49.7. The monoisotopic (exact) mass is 1700 g/mol. The maximum atomic E-state index is 13.1. The lowest BCUT2D eigenvalue weighted by Gasteiger charge is -2.21. The van der Waals surface area contributed by atoms with Gasteiger partial charge in [-0.25, -0.2) is 9.13 Å². The van der Waals surface area contributed by atoms with Gasteiger partial charge in [-0.3, -0.25) is 32.5 Å². The van der Waals surface area contributed by atoms with Gasteiger partial charge in [-0.05, 0) is 167 Å². The molecule has 0 saturated heterocycles. The molecule has 18 heteroatoms. The molecule has 16 nitrogen and oxygen atoms in total. The van der Waals surface area contributed by atoms with Crippen LogP contribution in [0, 0.1) is 0 Å². The molecule has 0 heterocycles. The number of rotatable bonds is 87. The standard InChI is InChI=1S/C101H168O16P2/c1-4-7-10-13-16-19-22-25-28-31-34-37-40-43-46-47-50-52-54-57-60-63-66-69-72-75-78-81-84-87-99(104)111-90-96(102)91-113-118(107,108)114-92-97(103)93-115-119(109,110)116-95-98(117-101(106)89-86-83-80-77-74-71-68-65-62-59-56-53-49-45-42-39-36-33-30-27-24-21-18-15-12-9-6-3)94-112-100(105)88-85-82-79-76-73-70-67-64-61-58-55-51-48-44-41-38-35-32-29-26-23-20-17-14-11-8-5-2/h7-8,10-11,16-21,25-30,34-39,43-46,48-50,52,55,58,96-98,102-103H,4-6,9,12-15,22-24,31-33,40-42,47,51,53-54,56-57,59-95H2,1-3H3,(H,107,108)(H,109,110)/b10-7-,11-8-,19-16-,20-17-,21-18-,28-25-,29-26-,30-27-,37-34-,38-35-,39-36-,46-43-,48-44-,49-45-,52-50-,58-55-. The van der Waals surface area contributed by atoms with Crippen LogP contribution in [0.3, 0.4) is 0 Å². The lowest BCUT2D eigenvalue weighted by atomic mass is 10.0. The third-order valence-corrected chi connectivity index (χ3v) is 21.2. The second-order valence-corrected chi connectivity index (χ2v) is 33.6. The Bertz CT molecular complexity index is 2940. The number of aliphatic hydroxyl groups excluding tert-OH is 2. The van der Waals surface area contributed by atoms with E-state index in [1.807, 2.05) is 0 Å². The maximum absolute atomic E-state index is 13.1. The molecule has 0 aromatic rings. The SMILES string of the molecule is CC/C=C\C/C=C\C/C=C\C/C=C\C/C=C\C/C=C\CCCCCCCCCCCCC(=O)OCC(O)COP(=O)(O)OCC(O)COP(=O)(O)OCC(COC(=O)CCCCCCCCCC/C=C\C/C=C\C/C=C\C/C=C\C/C=C\C/C=C\CC)OC(=O)CCCCCCCCCCCCC/C=C\C/C=C\C/C=C\C/C=C\CCCCC. The summed E-state index contributed by atoms with van der Waals surface area (Å²) in [6.07, 6.45) is 122. The van der Waals surface area contributed by atoms with Crippen molar-refractivity contribution in [3.05, 3.63) is 194 Å². The molecule has 0 bridgehead atoms. The molecule has 5 atom stereocenters. The van der Waals surface area contributed by atoms with Crippen molar-refractivity contribution in [1.82, 2.24) is 0 Å². The van der Waals surface area contributed by atoms with Crippen LogP contribution in [0.4, 0.5) is 0 Å². The molecule has 0 saturated carbocycles. The highest BCUT2D eigenvalue weighted by Gasteiger charge is 2.29. The minimum Gasteiger partial charge on any atom is -0.463 e. The molecule has 0 radical (unpaired) electrons. The Kier molecular flexibility index (Phi) is 87.3. The zero-order valence-electron chi connectivity index (χ0n) is 74.7. The fourth-order valence-corrected chi connectivity index (χ4v) is 13.9. The molecule has 0 aliphatic rings. The molecule has 4 N–H and O–H groups in total. The highest BCUT2D eigenvalue weighted by atomic mass is 31.2. The van der Waals surface area contributed by atoms with E-state index in [-0.39, 0.29) is 19.3 Å². The van der Waals surface area contributed by atoms with Crippen molar-refractivity contribution in [3.63, 3.8) is 0 Å². The highest BCUT2D eigenvalue weighted by Crippen LogP contribution is 2.45. The van der Waals surface area contributed by atoms with Crippen LogP contribution in [0.15, 0.2) is 194 Å². The van der Waals surface area contributed by atoms with Crippen molar-refractivity contribution in [2.24, 2.45) is 0 Å². The Hall–Kier alpha value is -5.61. The van der Waals surface area contributed by atoms with Gasteiger partial charge in [-0.2, -0.15) is 0 Å². The summed E-state index contributed by atoms with van der Waals surface area (Å²) >= 11 is 0. The van der Waals surface area contributed by atoms with E-state index in [0.29, 0.717) is 19.3 Å². The van der Waals surface area contributed by atoms with Crippen LogP contribution in [0.2, 0.25) is 0 Å². The Morgan fingerprint density at radius 3 is 0.706 bits per heavy atom. The summed E-state index contributed by atoms with van der Waals surface area (Å²) in [6, 6.07) is 0. The summed E-state index contributed by atoms with van der Waals surface area (Å²) in [7, 11) is -9.83. The molecular weight excluding hydrogens is 1530 g/mol. The van der Waals surface area contributed by atoms with Crippen LogP contribution in [0.1, 0.15) is 367 Å². The molecular formula is C101H168O16P2. The van der Waals surface area contributed by atoms with Gasteiger partial charge in [0, 0.05) is 19.3 Å². The second kappa shape index (κ2) is 91.6. The van der Waals surface area contributed by atoms with Crippen molar-refractivity contribution in [2.45, 2.75) is 386 Å². The molecule has 0 fully saturated rings. The minimum atomic E-state index is -4.95. The van der Waals surface area contributed by atoms with Crippen molar-refractivity contribution in [1.29, 1.82) is 0 Å². The number of carbonyl (C=O) groups excluding carboxylic acids is 3. The molecule has 5 unspecified atom stereocenters. The Morgan fingerprint density at radius 2 is 0.445 bits per heavy atom. The van der Waals surface area contributed by atoms with E-state index in [1.54, 1.807) is 0 Å². The van der Waals surface area contributed by atoms with Crippen LogP contribution < -0.4 is 0 Å². The van der Waals surface area contributed by atoms with Gasteiger partial charge in [-0.1, -0.05) is 376 Å². The van der Waals surface area contributed by atoms with Crippen molar-refractivity contribution in [3.8, 4) is 0 Å². The molecule has 678 valence electrons. The number of unbranched alkanes of at least 4 members (excludes halogenated alkanes) is 32. The van der Waals surface area contributed by atoms with Gasteiger partial charge >= 0.3 is 33.6 Å². The highest BCUT2D eigenvalue weighted by molar-refractivity contribution is 7.47. The number of phosphoric ester groups is 2. The lowest BCUT2D eigenvalue weighted by molar-refractivity contribution is -0.161. The molecule has 0 aliphatic carbocycles. The average Bonchev–Trinajstić information content (AvgIpc) is 0.905. The normalized spacial score (nSPS) is 14.6. The van der Waals surface area contributed by atoms with Gasteiger partial charge in [0.25, 0.3) is 0 Å². The number of hydrogen-bond acceptors (Lipinski definition) is 14. The van der Waals surface area contributed by atoms with Crippen LogP contribution in [0.5, 0.6) is 0 Å². The zero-order chi connectivity index (χ0) is 86.5. The van der Waals surface area contributed by atoms with E-state index in [4.69, 9.17) is 32.3 Å². The first-order valence-electron chi connectivity index (χ1n) is 46.7. The average molecular weight is 1700 g/mol. The zero-order valence-corrected chi connectivity index (χ0v) is 76.5. The fraction of sp³-hybridized carbons (Fsp3) is 0.653. The summed E-state index contributed by atoms with van der Waals surface area (Å²) in [5.41, 5.74) is 0. The van der Waals surface area contributed by atoms with E-state index >= 15 is 0 Å². The molecule has 0 spiro atoms. The molecule has 0 amide bonds. The number of ether oxygens (including phenoxy) is 3. The van der Waals surface area contributed by atoms with E-state index < -0.39 is 91.5 Å². The predicted octanol–water partition coefficient (Wildman–Crippen LogP) is 29.0. The Labute approximate surface area is 725 Å². The quantitative estimate of drug-likeness (QED) is 0.0146. The van der Waals surface area contributed by atoms with Crippen molar-refractivity contribution < 1.29 is 75.8 Å². The van der Waals surface area contributed by atoms with Gasteiger partial charge in [0.05, 0.1) is 26.4 Å². The van der Waals surface area contributed by atoms with Crippen molar-refractivity contribution in [2.75, 3.05) is 39.6 Å². The predicted molar refractivity (Wildman–Crippen MR) is 500 cm³/mol. The summed E-state index contributed by atoms with van der Waals surface area (Å²) < 4.78 is 61.5. The van der Waals surface area contributed by atoms with E-state index in [9.17, 15) is 43.5 Å². The van der Waals surface area contributed by atoms with E-state index in [0.717, 1.165) is 205 Å². The Morgan fingerprint density at radius 1 is 0.244 bits per heavy atom. The van der Waals surface area contributed by atoms with Crippen molar-refractivity contribution >= 4 is 33.6 Å². The number of allylic oxidation sites excluding steroid dienone is 32. The summed E-state index contributed by atoms with van der Waals surface area (Å²) in [4.78, 5) is 59.1. The van der Waals surface area contributed by atoms with Crippen LogP contribution in [0.25, 0.3) is 0 Å². The first-order chi connectivity index (χ1) is 58.2. The third kappa shape index (κ3) is 92.9. The fourth-order valence-electron chi connectivity index (χ4n) is 12.3. The topological polar surface area (TPSA) is 231 Å². The number of hydrogen-bond donors (Lipinski definition) is 4. The number of aliphatic hydroxyl groups is 2. The molecule has 119 heavy (non-hydrogen) atoms. The molecule has 0 aromatic carbocycles. The number of esters is 3. The number of carbonyl (C=O) groups is 3. The van der Waals surface area contributed by atoms with Gasteiger partial charge in [-0.15, -0.1) is 0 Å². The van der Waals surface area contributed by atoms with Gasteiger partial charge in [0.2, 0.25) is 0 Å². The van der Waals surface area contributed by atoms with Crippen LogP contribution in [-0.2, 0) is 55.8 Å². The molecule has 0 rings (SSSR count). The molecule has 0 aliphatic heterocycles. The van der Waals surface area contributed by atoms with Gasteiger partial charge in [0.1, 0.15) is 25.4 Å². The maximum Gasteiger partial charge on any atom is 0.472 e. The number of phosphoric acid groups is 2. The smallest absolute Gasteiger partial charge is 0.463 e. The first kappa shape index (κ1) is 113. The van der Waals surface area contributed by atoms with Gasteiger partial charge in [0.15, 0.2) is 6.10 Å². The van der Waals surface area contributed by atoms with E-state index in [2.05, 4.69) is 215 Å². The van der Waals surface area contributed by atoms with Gasteiger partial charge < -0.3 is 34.2 Å². The second-order valence-electron chi connectivity index (χ2n) is 30.7. The lowest BCUT2D eigenvalue weighted by Crippen LogP contribution is -2.30. The summed E-state index contributed by atoms with van der Waals surface area (Å²) in [6.45, 7) is 2.44. The summed E-state index contributed by atoms with van der Waals surface area (Å²) in [5.74, 6) is -1.59. The van der Waals surface area contributed by atoms with E-state index in [1.165, 1.54) is 103 Å². The largest absolute Gasteiger partial charge is 0.472 e. The third-order valence-electron chi connectivity index (χ3n) is 19.3.